The van der Waals surface area contributed by atoms with Gasteiger partial charge in [0, 0.05) is 11.6 Å². The maximum Gasteiger partial charge on any atom is 0.135 e. The minimum Gasteiger partial charge on any atom is -0.383 e. The Kier molecular flexibility index (Phi) is 4.27. The predicted molar refractivity (Wildman–Crippen MR) is 80.1 cm³/mol. The van der Waals surface area contributed by atoms with Crippen molar-refractivity contribution in [3.63, 3.8) is 0 Å². The van der Waals surface area contributed by atoms with Gasteiger partial charge >= 0.3 is 0 Å². The molecule has 4 nitrogen and oxygen atoms in total. The van der Waals surface area contributed by atoms with Crippen molar-refractivity contribution in [2.75, 3.05) is 11.1 Å². The summed E-state index contributed by atoms with van der Waals surface area (Å²) in [4.78, 5) is 8.50. The van der Waals surface area contributed by atoms with Crippen LogP contribution in [0.2, 0.25) is 0 Å². The van der Waals surface area contributed by atoms with Crippen LogP contribution in [-0.2, 0) is 0 Å². The Labute approximate surface area is 116 Å². The van der Waals surface area contributed by atoms with Crippen LogP contribution in [0.5, 0.6) is 0 Å². The average Bonchev–Trinajstić information content (AvgIpc) is 2.33. The summed E-state index contributed by atoms with van der Waals surface area (Å²) in [5.41, 5.74) is 7.04. The van der Waals surface area contributed by atoms with Gasteiger partial charge in [-0.3, -0.25) is 0 Å². The molecule has 4 heteroatoms. The number of anilines is 2. The fourth-order valence-electron chi connectivity index (χ4n) is 2.97. The molecule has 1 aromatic rings. The summed E-state index contributed by atoms with van der Waals surface area (Å²) in [5, 5.41) is 3.59. The van der Waals surface area contributed by atoms with E-state index < -0.39 is 0 Å². The summed E-state index contributed by atoms with van der Waals surface area (Å²) in [6.07, 6.45) is 5.27. The number of aromatic nitrogens is 2. The Morgan fingerprint density at radius 2 is 1.95 bits per heavy atom. The van der Waals surface area contributed by atoms with Gasteiger partial charge in [0.25, 0.3) is 0 Å². The Bertz CT molecular complexity index is 430. The molecule has 1 aliphatic carbocycles. The lowest BCUT2D eigenvalue weighted by Gasteiger charge is -2.33. The van der Waals surface area contributed by atoms with Crippen LogP contribution >= 0.6 is 0 Å². The van der Waals surface area contributed by atoms with Crippen molar-refractivity contribution < 1.29 is 0 Å². The summed E-state index contributed by atoms with van der Waals surface area (Å²) in [6.45, 7) is 8.96. The van der Waals surface area contributed by atoms with Crippen molar-refractivity contribution in [2.24, 2.45) is 11.8 Å². The van der Waals surface area contributed by atoms with Gasteiger partial charge in [0.2, 0.25) is 0 Å². The molecule has 0 aliphatic heterocycles. The highest BCUT2D eigenvalue weighted by molar-refractivity contribution is 5.57. The third kappa shape index (κ3) is 3.17. The molecular weight excluding hydrogens is 236 g/mol. The molecule has 2 rings (SSSR count). The second kappa shape index (κ2) is 5.76. The molecule has 0 saturated heterocycles. The second-order valence-corrected chi connectivity index (χ2v) is 6.28. The lowest BCUT2D eigenvalue weighted by atomic mass is 9.79. The van der Waals surface area contributed by atoms with E-state index in [4.69, 9.17) is 5.73 Å². The number of hydrogen-bond acceptors (Lipinski definition) is 4. The first-order valence-electron chi connectivity index (χ1n) is 7.36. The molecule has 1 aromatic heterocycles. The summed E-state index contributed by atoms with van der Waals surface area (Å²) in [5.74, 6) is 3.47. The van der Waals surface area contributed by atoms with E-state index in [2.05, 4.69) is 43.0 Å². The van der Waals surface area contributed by atoms with Crippen molar-refractivity contribution in [3.8, 4) is 0 Å². The molecule has 1 saturated carbocycles. The van der Waals surface area contributed by atoms with Crippen LogP contribution in [-0.4, -0.2) is 16.0 Å². The van der Waals surface area contributed by atoms with Crippen molar-refractivity contribution in [2.45, 2.75) is 58.9 Å². The van der Waals surface area contributed by atoms with Crippen LogP contribution in [0.15, 0.2) is 6.33 Å². The van der Waals surface area contributed by atoms with Gasteiger partial charge in [-0.25, -0.2) is 9.97 Å². The standard InChI is InChI=1S/C15H26N4/c1-9(2)13-14(16)17-8-18-15(13)19-12-6-5-10(3)11(4)7-12/h8-12H,5-7H2,1-4H3,(H3,16,17,18,19). The Balaban J connectivity index is 2.13. The molecule has 19 heavy (non-hydrogen) atoms. The topological polar surface area (TPSA) is 63.8 Å². The summed E-state index contributed by atoms with van der Waals surface area (Å²) in [6, 6.07) is 0.512. The van der Waals surface area contributed by atoms with Crippen LogP contribution in [0.1, 0.15) is 58.4 Å². The lowest BCUT2D eigenvalue weighted by Crippen LogP contribution is -2.31. The van der Waals surface area contributed by atoms with E-state index >= 15 is 0 Å². The molecule has 0 amide bonds. The fraction of sp³-hybridized carbons (Fsp3) is 0.733. The van der Waals surface area contributed by atoms with Crippen LogP contribution < -0.4 is 11.1 Å². The molecule has 1 fully saturated rings. The highest BCUT2D eigenvalue weighted by Crippen LogP contribution is 2.33. The van der Waals surface area contributed by atoms with Crippen LogP contribution in [0, 0.1) is 11.8 Å². The molecular formula is C15H26N4. The second-order valence-electron chi connectivity index (χ2n) is 6.28. The van der Waals surface area contributed by atoms with E-state index in [0.717, 1.165) is 23.2 Å². The summed E-state index contributed by atoms with van der Waals surface area (Å²) in [7, 11) is 0. The Hall–Kier alpha value is -1.32. The molecule has 0 radical (unpaired) electrons. The zero-order valence-electron chi connectivity index (χ0n) is 12.5. The van der Waals surface area contributed by atoms with E-state index in [-0.39, 0.29) is 0 Å². The van der Waals surface area contributed by atoms with Gasteiger partial charge < -0.3 is 11.1 Å². The van der Waals surface area contributed by atoms with Gasteiger partial charge in [0.05, 0.1) is 0 Å². The van der Waals surface area contributed by atoms with E-state index in [1.807, 2.05) is 0 Å². The average molecular weight is 262 g/mol. The van der Waals surface area contributed by atoms with Crippen LogP contribution in [0.25, 0.3) is 0 Å². The molecule has 1 heterocycles. The zero-order chi connectivity index (χ0) is 14.0. The maximum absolute atomic E-state index is 5.99. The van der Waals surface area contributed by atoms with Gasteiger partial charge in [-0.15, -0.1) is 0 Å². The fourth-order valence-corrected chi connectivity index (χ4v) is 2.97. The molecule has 3 unspecified atom stereocenters. The summed E-state index contributed by atoms with van der Waals surface area (Å²) < 4.78 is 0. The summed E-state index contributed by atoms with van der Waals surface area (Å²) >= 11 is 0. The zero-order valence-corrected chi connectivity index (χ0v) is 12.5. The van der Waals surface area contributed by atoms with Gasteiger partial charge in [0.15, 0.2) is 0 Å². The third-order valence-corrected chi connectivity index (χ3v) is 4.43. The largest absolute Gasteiger partial charge is 0.383 e. The number of nitrogens with two attached hydrogens (primary N) is 1. The minimum absolute atomic E-state index is 0.337. The van der Waals surface area contributed by atoms with Gasteiger partial charge in [0.1, 0.15) is 18.0 Å². The SMILES string of the molecule is CC(C)c1c(N)ncnc1NC1CCC(C)C(C)C1. The van der Waals surface area contributed by atoms with Crippen molar-refractivity contribution in [3.05, 3.63) is 11.9 Å². The first-order chi connectivity index (χ1) is 8.99. The highest BCUT2D eigenvalue weighted by Gasteiger charge is 2.25. The normalized spacial score (nSPS) is 27.5. The maximum atomic E-state index is 5.99. The number of rotatable bonds is 3. The number of nitrogen functional groups attached to an aromatic ring is 1. The van der Waals surface area contributed by atoms with Gasteiger partial charge in [-0.1, -0.05) is 27.7 Å². The monoisotopic (exact) mass is 262 g/mol. The van der Waals surface area contributed by atoms with Crippen molar-refractivity contribution in [1.82, 2.24) is 9.97 Å². The van der Waals surface area contributed by atoms with Crippen molar-refractivity contribution in [1.29, 1.82) is 0 Å². The molecule has 1 aliphatic rings. The van der Waals surface area contributed by atoms with E-state index in [0.29, 0.717) is 17.8 Å². The molecule has 0 aromatic carbocycles. The quantitative estimate of drug-likeness (QED) is 0.876. The van der Waals surface area contributed by atoms with E-state index in [9.17, 15) is 0 Å². The smallest absolute Gasteiger partial charge is 0.135 e. The number of nitrogens with one attached hydrogen (secondary N) is 1. The minimum atomic E-state index is 0.337. The first kappa shape index (κ1) is 14.1. The van der Waals surface area contributed by atoms with E-state index in [1.54, 1.807) is 6.33 Å². The number of hydrogen-bond donors (Lipinski definition) is 2. The molecule has 106 valence electrons. The van der Waals surface area contributed by atoms with Gasteiger partial charge in [-0.05, 0) is 37.0 Å². The lowest BCUT2D eigenvalue weighted by molar-refractivity contribution is 0.260. The Morgan fingerprint density at radius 3 is 2.58 bits per heavy atom. The molecule has 0 spiro atoms. The third-order valence-electron chi connectivity index (χ3n) is 4.43. The predicted octanol–water partition coefficient (Wildman–Crippen LogP) is 3.42. The van der Waals surface area contributed by atoms with E-state index in [1.165, 1.54) is 19.3 Å². The highest BCUT2D eigenvalue weighted by atomic mass is 15.1. The molecule has 3 atom stereocenters. The van der Waals surface area contributed by atoms with Crippen molar-refractivity contribution >= 4 is 11.6 Å². The van der Waals surface area contributed by atoms with Crippen LogP contribution in [0.4, 0.5) is 11.6 Å². The van der Waals surface area contributed by atoms with Crippen LogP contribution in [0.3, 0.4) is 0 Å². The first-order valence-corrected chi connectivity index (χ1v) is 7.36. The molecule has 0 bridgehead atoms. The molecule has 3 N–H and O–H groups in total. The van der Waals surface area contributed by atoms with Gasteiger partial charge in [-0.2, -0.15) is 0 Å². The Morgan fingerprint density at radius 1 is 1.21 bits per heavy atom. The number of nitrogens with zero attached hydrogens (tertiary/aromatic N) is 2.